The summed E-state index contributed by atoms with van der Waals surface area (Å²) in [6.45, 7) is 3.81. The molecule has 1 atom stereocenters. The normalized spacial score (nSPS) is 11.6. The van der Waals surface area contributed by atoms with Crippen molar-refractivity contribution < 1.29 is 14.3 Å². The van der Waals surface area contributed by atoms with Gasteiger partial charge in [0.2, 0.25) is 0 Å². The van der Waals surface area contributed by atoms with Crippen molar-refractivity contribution in [2.75, 3.05) is 12.4 Å². The first-order chi connectivity index (χ1) is 10.6. The van der Waals surface area contributed by atoms with Gasteiger partial charge in [0.1, 0.15) is 11.5 Å². The number of hydrogen-bond acceptors (Lipinski definition) is 3. The number of ether oxygens (including phenoxy) is 2. The lowest BCUT2D eigenvalue weighted by Crippen LogP contribution is -2.30. The van der Waals surface area contributed by atoms with Gasteiger partial charge in [-0.25, -0.2) is 0 Å². The molecule has 0 aliphatic heterocycles. The number of anilines is 1. The highest BCUT2D eigenvalue weighted by Gasteiger charge is 2.15. The van der Waals surface area contributed by atoms with E-state index in [0.717, 1.165) is 12.1 Å². The summed E-state index contributed by atoms with van der Waals surface area (Å²) < 4.78 is 10.8. The van der Waals surface area contributed by atoms with Crippen molar-refractivity contribution in [3.8, 4) is 11.5 Å². The predicted octanol–water partition coefficient (Wildman–Crippen LogP) is 3.66. The van der Waals surface area contributed by atoms with Gasteiger partial charge in [-0.2, -0.15) is 0 Å². The first kappa shape index (κ1) is 15.9. The molecule has 0 unspecified atom stereocenters. The Morgan fingerprint density at radius 1 is 1.14 bits per heavy atom. The molecule has 0 saturated heterocycles. The minimum atomic E-state index is -0.599. The van der Waals surface area contributed by atoms with Crippen LogP contribution in [0.2, 0.25) is 0 Å². The molecule has 0 aliphatic rings. The van der Waals surface area contributed by atoms with Gasteiger partial charge < -0.3 is 14.8 Å². The van der Waals surface area contributed by atoms with Crippen LogP contribution in [-0.2, 0) is 11.2 Å². The number of amides is 1. The van der Waals surface area contributed by atoms with Crippen LogP contribution in [-0.4, -0.2) is 19.1 Å². The van der Waals surface area contributed by atoms with Crippen molar-refractivity contribution in [3.05, 3.63) is 54.1 Å². The molecule has 0 aromatic heterocycles. The summed E-state index contributed by atoms with van der Waals surface area (Å²) in [5, 5.41) is 2.85. The minimum Gasteiger partial charge on any atom is -0.497 e. The lowest BCUT2D eigenvalue weighted by Gasteiger charge is -2.15. The maximum Gasteiger partial charge on any atom is 0.265 e. The average Bonchev–Trinajstić information content (AvgIpc) is 2.55. The van der Waals surface area contributed by atoms with Crippen LogP contribution in [0.25, 0.3) is 0 Å². The Bertz CT molecular complexity index is 622. The number of rotatable bonds is 6. The third-order valence-corrected chi connectivity index (χ3v) is 3.35. The van der Waals surface area contributed by atoms with Crippen molar-refractivity contribution in [1.82, 2.24) is 0 Å². The minimum absolute atomic E-state index is 0.188. The molecular weight excluding hydrogens is 278 g/mol. The second-order valence-corrected chi connectivity index (χ2v) is 4.98. The Hall–Kier alpha value is -2.49. The molecule has 0 radical (unpaired) electrons. The number of aryl methyl sites for hydroxylation is 1. The topological polar surface area (TPSA) is 47.6 Å². The summed E-state index contributed by atoms with van der Waals surface area (Å²) in [5.74, 6) is 1.11. The van der Waals surface area contributed by atoms with Crippen LogP contribution in [0.15, 0.2) is 48.5 Å². The van der Waals surface area contributed by atoms with Crippen molar-refractivity contribution in [3.63, 3.8) is 0 Å². The monoisotopic (exact) mass is 299 g/mol. The van der Waals surface area contributed by atoms with E-state index < -0.39 is 6.10 Å². The number of carbonyl (C=O) groups is 1. The Kier molecular flexibility index (Phi) is 5.42. The van der Waals surface area contributed by atoms with E-state index in [9.17, 15) is 4.79 Å². The first-order valence-electron chi connectivity index (χ1n) is 7.33. The molecule has 0 spiro atoms. The molecule has 2 aromatic rings. The van der Waals surface area contributed by atoms with Gasteiger partial charge >= 0.3 is 0 Å². The molecule has 116 valence electrons. The van der Waals surface area contributed by atoms with Crippen molar-refractivity contribution >= 4 is 11.6 Å². The van der Waals surface area contributed by atoms with Gasteiger partial charge in [-0.1, -0.05) is 25.1 Å². The quantitative estimate of drug-likeness (QED) is 0.885. The average molecular weight is 299 g/mol. The van der Waals surface area contributed by atoms with Gasteiger partial charge in [0.15, 0.2) is 6.10 Å². The van der Waals surface area contributed by atoms with Crippen LogP contribution in [0.4, 0.5) is 5.69 Å². The zero-order chi connectivity index (χ0) is 15.9. The van der Waals surface area contributed by atoms with E-state index in [2.05, 4.69) is 12.2 Å². The number of methoxy groups -OCH3 is 1. The van der Waals surface area contributed by atoms with Crippen LogP contribution in [0.3, 0.4) is 0 Å². The molecule has 0 bridgehead atoms. The highest BCUT2D eigenvalue weighted by atomic mass is 16.5. The van der Waals surface area contributed by atoms with E-state index in [1.54, 1.807) is 26.2 Å². The summed E-state index contributed by atoms with van der Waals surface area (Å²) >= 11 is 0. The molecule has 2 aromatic carbocycles. The van der Waals surface area contributed by atoms with E-state index in [-0.39, 0.29) is 5.91 Å². The summed E-state index contributed by atoms with van der Waals surface area (Å²) in [6, 6.07) is 15.0. The van der Waals surface area contributed by atoms with Crippen LogP contribution < -0.4 is 14.8 Å². The molecule has 4 nitrogen and oxygen atoms in total. The lowest BCUT2D eigenvalue weighted by atomic mass is 10.1. The predicted molar refractivity (Wildman–Crippen MR) is 87.5 cm³/mol. The fourth-order valence-corrected chi connectivity index (χ4v) is 2.00. The van der Waals surface area contributed by atoms with Gasteiger partial charge in [0.05, 0.1) is 7.11 Å². The van der Waals surface area contributed by atoms with Crippen LogP contribution in [0.5, 0.6) is 11.5 Å². The Balaban J connectivity index is 1.96. The number of hydrogen-bond donors (Lipinski definition) is 1. The second-order valence-electron chi connectivity index (χ2n) is 4.98. The summed E-state index contributed by atoms with van der Waals surface area (Å²) in [4.78, 5) is 12.2. The molecule has 1 amide bonds. The van der Waals surface area contributed by atoms with E-state index in [1.807, 2.05) is 36.4 Å². The van der Waals surface area contributed by atoms with Gasteiger partial charge in [0.25, 0.3) is 5.91 Å². The molecule has 0 aliphatic carbocycles. The largest absolute Gasteiger partial charge is 0.497 e. The van der Waals surface area contributed by atoms with E-state index in [0.29, 0.717) is 11.5 Å². The third-order valence-electron chi connectivity index (χ3n) is 3.35. The fraction of sp³-hybridized carbons (Fsp3) is 0.278. The van der Waals surface area contributed by atoms with Gasteiger partial charge in [-0.3, -0.25) is 4.79 Å². The maximum atomic E-state index is 12.2. The van der Waals surface area contributed by atoms with Crippen LogP contribution >= 0.6 is 0 Å². The van der Waals surface area contributed by atoms with Gasteiger partial charge in [-0.05, 0) is 43.2 Å². The fourth-order valence-electron chi connectivity index (χ4n) is 2.00. The van der Waals surface area contributed by atoms with Gasteiger partial charge in [0, 0.05) is 11.8 Å². The smallest absolute Gasteiger partial charge is 0.265 e. The van der Waals surface area contributed by atoms with E-state index in [4.69, 9.17) is 9.47 Å². The molecule has 22 heavy (non-hydrogen) atoms. The van der Waals surface area contributed by atoms with Gasteiger partial charge in [-0.15, -0.1) is 0 Å². The molecule has 0 heterocycles. The zero-order valence-corrected chi connectivity index (χ0v) is 13.1. The van der Waals surface area contributed by atoms with Crippen LogP contribution in [0, 0.1) is 0 Å². The molecule has 1 N–H and O–H groups in total. The van der Waals surface area contributed by atoms with E-state index >= 15 is 0 Å². The standard InChI is InChI=1S/C18H21NO3/c1-4-14-8-10-15(11-9-14)19-18(20)13(2)22-17-7-5-6-16(12-17)21-3/h5-13H,4H2,1-3H3,(H,19,20)/t13-/m0/s1. The summed E-state index contributed by atoms with van der Waals surface area (Å²) in [6.07, 6.45) is 0.377. The SMILES string of the molecule is CCc1ccc(NC(=O)[C@H](C)Oc2cccc(OC)c2)cc1. The summed E-state index contributed by atoms with van der Waals surface area (Å²) in [7, 11) is 1.59. The Labute approximate surface area is 131 Å². The number of nitrogens with one attached hydrogen (secondary N) is 1. The highest BCUT2D eigenvalue weighted by Crippen LogP contribution is 2.20. The maximum absolute atomic E-state index is 12.2. The second kappa shape index (κ2) is 7.50. The molecule has 4 heteroatoms. The Morgan fingerprint density at radius 3 is 2.45 bits per heavy atom. The molecule has 0 fully saturated rings. The third kappa shape index (κ3) is 4.25. The molecular formula is C18H21NO3. The molecule has 0 saturated carbocycles. The highest BCUT2D eigenvalue weighted by molar-refractivity contribution is 5.94. The summed E-state index contributed by atoms with van der Waals surface area (Å²) in [5.41, 5.74) is 2.00. The van der Waals surface area contributed by atoms with Crippen LogP contribution in [0.1, 0.15) is 19.4 Å². The molecule has 2 rings (SSSR count). The number of carbonyl (C=O) groups excluding carboxylic acids is 1. The number of benzene rings is 2. The van der Waals surface area contributed by atoms with Crippen molar-refractivity contribution in [2.24, 2.45) is 0 Å². The lowest BCUT2D eigenvalue weighted by molar-refractivity contribution is -0.122. The van der Waals surface area contributed by atoms with Crippen molar-refractivity contribution in [1.29, 1.82) is 0 Å². The Morgan fingerprint density at radius 2 is 1.82 bits per heavy atom. The zero-order valence-electron chi connectivity index (χ0n) is 13.1. The van der Waals surface area contributed by atoms with E-state index in [1.165, 1.54) is 5.56 Å². The van der Waals surface area contributed by atoms with Crippen molar-refractivity contribution in [2.45, 2.75) is 26.4 Å². The first-order valence-corrected chi connectivity index (χ1v) is 7.33.